The van der Waals surface area contributed by atoms with Gasteiger partial charge in [0, 0.05) is 51.9 Å². The molecular weight excluding hydrogens is 344 g/mol. The van der Waals surface area contributed by atoms with Gasteiger partial charge < -0.3 is 19.6 Å². The SMILES string of the molecule is CC1C(=O)N(C)CCN1C(=O)N(C)C1CCN(C(=O)c2ccccc2)CC1. The molecule has 0 aromatic heterocycles. The van der Waals surface area contributed by atoms with Gasteiger partial charge in [0.25, 0.3) is 5.91 Å². The molecule has 4 amide bonds. The number of hydrogen-bond donors (Lipinski definition) is 0. The van der Waals surface area contributed by atoms with Crippen molar-refractivity contribution in [3.63, 3.8) is 0 Å². The summed E-state index contributed by atoms with van der Waals surface area (Å²) in [6.07, 6.45) is 1.49. The van der Waals surface area contributed by atoms with Crippen molar-refractivity contribution in [1.29, 1.82) is 0 Å². The minimum atomic E-state index is -0.432. The van der Waals surface area contributed by atoms with Crippen molar-refractivity contribution in [2.24, 2.45) is 0 Å². The molecule has 0 saturated carbocycles. The molecule has 7 heteroatoms. The van der Waals surface area contributed by atoms with Crippen LogP contribution in [0.1, 0.15) is 30.1 Å². The van der Waals surface area contributed by atoms with Gasteiger partial charge >= 0.3 is 6.03 Å². The van der Waals surface area contributed by atoms with Crippen molar-refractivity contribution < 1.29 is 14.4 Å². The van der Waals surface area contributed by atoms with Crippen molar-refractivity contribution in [3.05, 3.63) is 35.9 Å². The standard InChI is InChI=1S/C20H28N4O3/c1-15-18(25)21(2)13-14-24(15)20(27)22(3)17-9-11-23(12-10-17)19(26)16-7-5-4-6-8-16/h4-8,15,17H,9-14H2,1-3H3. The van der Waals surface area contributed by atoms with Gasteiger partial charge in [-0.2, -0.15) is 0 Å². The molecule has 0 radical (unpaired) electrons. The molecule has 0 N–H and O–H groups in total. The number of piperazine rings is 1. The van der Waals surface area contributed by atoms with E-state index in [1.807, 2.05) is 35.2 Å². The molecule has 1 aromatic carbocycles. The van der Waals surface area contributed by atoms with Gasteiger partial charge in [0.1, 0.15) is 6.04 Å². The van der Waals surface area contributed by atoms with E-state index in [4.69, 9.17) is 0 Å². The van der Waals surface area contributed by atoms with Crippen LogP contribution < -0.4 is 0 Å². The second-order valence-electron chi connectivity index (χ2n) is 7.41. The Labute approximate surface area is 160 Å². The molecule has 2 saturated heterocycles. The number of likely N-dealkylation sites (N-methyl/N-ethyl adjacent to an activating group) is 1. The molecule has 1 aromatic rings. The van der Waals surface area contributed by atoms with Crippen LogP contribution >= 0.6 is 0 Å². The molecule has 0 spiro atoms. The van der Waals surface area contributed by atoms with E-state index in [1.54, 1.807) is 35.7 Å². The minimum absolute atomic E-state index is 0.0220. The predicted octanol–water partition coefficient (Wildman–Crippen LogP) is 1.51. The minimum Gasteiger partial charge on any atom is -0.342 e. The fraction of sp³-hybridized carbons (Fsp3) is 0.550. The van der Waals surface area contributed by atoms with Crippen molar-refractivity contribution in [2.75, 3.05) is 40.3 Å². The van der Waals surface area contributed by atoms with Gasteiger partial charge in [-0.15, -0.1) is 0 Å². The Bertz CT molecular complexity index is 700. The van der Waals surface area contributed by atoms with Crippen LogP contribution in [0.15, 0.2) is 30.3 Å². The summed E-state index contributed by atoms with van der Waals surface area (Å²) >= 11 is 0. The summed E-state index contributed by atoms with van der Waals surface area (Å²) in [5.74, 6) is 0.0209. The zero-order chi connectivity index (χ0) is 19.6. The van der Waals surface area contributed by atoms with Gasteiger partial charge in [-0.05, 0) is 31.9 Å². The van der Waals surface area contributed by atoms with E-state index < -0.39 is 6.04 Å². The van der Waals surface area contributed by atoms with Crippen molar-refractivity contribution >= 4 is 17.8 Å². The number of amides is 4. The van der Waals surface area contributed by atoms with Crippen molar-refractivity contribution in [3.8, 4) is 0 Å². The number of carbonyl (C=O) groups is 3. The van der Waals surface area contributed by atoms with Gasteiger partial charge in [0.05, 0.1) is 0 Å². The molecule has 0 aliphatic carbocycles. The summed E-state index contributed by atoms with van der Waals surface area (Å²) in [7, 11) is 3.57. The number of hydrogen-bond acceptors (Lipinski definition) is 3. The van der Waals surface area contributed by atoms with E-state index in [1.165, 1.54) is 0 Å². The summed E-state index contributed by atoms with van der Waals surface area (Å²) in [6.45, 7) is 4.16. The van der Waals surface area contributed by atoms with E-state index in [-0.39, 0.29) is 23.9 Å². The average molecular weight is 372 g/mol. The smallest absolute Gasteiger partial charge is 0.320 e. The third kappa shape index (κ3) is 3.91. The number of urea groups is 1. The van der Waals surface area contributed by atoms with E-state index in [9.17, 15) is 14.4 Å². The van der Waals surface area contributed by atoms with Crippen LogP contribution in [0.2, 0.25) is 0 Å². The molecule has 1 atom stereocenters. The maximum atomic E-state index is 12.9. The Morgan fingerprint density at radius 1 is 1.04 bits per heavy atom. The highest BCUT2D eigenvalue weighted by atomic mass is 16.2. The normalized spacial score (nSPS) is 21.4. The fourth-order valence-electron chi connectivity index (χ4n) is 3.85. The number of rotatable bonds is 2. The highest BCUT2D eigenvalue weighted by molar-refractivity contribution is 5.94. The third-order valence-corrected chi connectivity index (χ3v) is 5.75. The molecule has 0 bridgehead atoms. The zero-order valence-corrected chi connectivity index (χ0v) is 16.3. The molecule has 2 fully saturated rings. The summed E-state index contributed by atoms with van der Waals surface area (Å²) in [6, 6.07) is 8.84. The predicted molar refractivity (Wildman–Crippen MR) is 102 cm³/mol. The van der Waals surface area contributed by atoms with Gasteiger partial charge in [0.2, 0.25) is 5.91 Å². The number of carbonyl (C=O) groups excluding carboxylic acids is 3. The van der Waals surface area contributed by atoms with Crippen LogP contribution in [-0.4, -0.2) is 89.8 Å². The quantitative estimate of drug-likeness (QED) is 0.790. The summed E-state index contributed by atoms with van der Waals surface area (Å²) in [5.41, 5.74) is 0.699. The molecule has 27 heavy (non-hydrogen) atoms. The lowest BCUT2D eigenvalue weighted by Gasteiger charge is -2.42. The Kier molecular flexibility index (Phi) is 5.68. The lowest BCUT2D eigenvalue weighted by molar-refractivity contribution is -0.137. The Morgan fingerprint density at radius 2 is 1.67 bits per heavy atom. The van der Waals surface area contributed by atoms with Crippen LogP contribution in [0.5, 0.6) is 0 Å². The van der Waals surface area contributed by atoms with Crippen LogP contribution in [0.3, 0.4) is 0 Å². The summed E-state index contributed by atoms with van der Waals surface area (Å²) in [5, 5.41) is 0. The number of piperidine rings is 1. The molecule has 2 heterocycles. The van der Waals surface area contributed by atoms with Gasteiger partial charge in [-0.25, -0.2) is 4.79 Å². The molecule has 1 unspecified atom stereocenters. The third-order valence-electron chi connectivity index (χ3n) is 5.75. The second kappa shape index (κ2) is 7.98. The molecule has 7 nitrogen and oxygen atoms in total. The maximum Gasteiger partial charge on any atom is 0.320 e. The van der Waals surface area contributed by atoms with E-state index in [2.05, 4.69) is 0 Å². The molecule has 3 rings (SSSR count). The Balaban J connectivity index is 1.57. The molecule has 146 valence electrons. The van der Waals surface area contributed by atoms with Gasteiger partial charge in [-0.1, -0.05) is 18.2 Å². The van der Waals surface area contributed by atoms with Crippen LogP contribution in [0, 0.1) is 0 Å². The number of likely N-dealkylation sites (tertiary alicyclic amines) is 1. The lowest BCUT2D eigenvalue weighted by Crippen LogP contribution is -2.60. The topological polar surface area (TPSA) is 64.2 Å². The van der Waals surface area contributed by atoms with Gasteiger partial charge in [-0.3, -0.25) is 9.59 Å². The van der Waals surface area contributed by atoms with E-state index in [0.29, 0.717) is 31.7 Å². The van der Waals surface area contributed by atoms with Gasteiger partial charge in [0.15, 0.2) is 0 Å². The molecule has 2 aliphatic heterocycles. The Hall–Kier alpha value is -2.57. The van der Waals surface area contributed by atoms with E-state index in [0.717, 1.165) is 12.8 Å². The first-order chi connectivity index (χ1) is 12.9. The number of benzene rings is 1. The maximum absolute atomic E-state index is 12.9. The highest BCUT2D eigenvalue weighted by Gasteiger charge is 2.36. The second-order valence-corrected chi connectivity index (χ2v) is 7.41. The first-order valence-electron chi connectivity index (χ1n) is 9.53. The average Bonchev–Trinajstić information content (AvgIpc) is 2.71. The van der Waals surface area contributed by atoms with Crippen LogP contribution in [0.4, 0.5) is 4.79 Å². The molecule has 2 aliphatic rings. The monoisotopic (exact) mass is 372 g/mol. The van der Waals surface area contributed by atoms with Crippen LogP contribution in [0.25, 0.3) is 0 Å². The summed E-state index contributed by atoms with van der Waals surface area (Å²) < 4.78 is 0. The first kappa shape index (κ1) is 19.2. The first-order valence-corrected chi connectivity index (χ1v) is 9.53. The lowest BCUT2D eigenvalue weighted by atomic mass is 10.0. The largest absolute Gasteiger partial charge is 0.342 e. The molecular formula is C20H28N4O3. The zero-order valence-electron chi connectivity index (χ0n) is 16.3. The highest BCUT2D eigenvalue weighted by Crippen LogP contribution is 2.20. The fourth-order valence-corrected chi connectivity index (χ4v) is 3.85. The van der Waals surface area contributed by atoms with Crippen molar-refractivity contribution in [2.45, 2.75) is 31.8 Å². The number of nitrogens with zero attached hydrogens (tertiary/aromatic N) is 4. The Morgan fingerprint density at radius 3 is 2.30 bits per heavy atom. The van der Waals surface area contributed by atoms with Crippen LogP contribution in [-0.2, 0) is 4.79 Å². The van der Waals surface area contributed by atoms with E-state index >= 15 is 0 Å². The summed E-state index contributed by atoms with van der Waals surface area (Å²) in [4.78, 5) is 44.5. The van der Waals surface area contributed by atoms with Crippen molar-refractivity contribution in [1.82, 2.24) is 19.6 Å².